The standard InChI is InChI=1S/C19H17N/c1-14-8-10-16(11-9-14)18-12-19(20-13-15(18)2)17-6-4-3-5-7-17/h3-13H,1-2H3. The average Bonchev–Trinajstić information content (AvgIpc) is 2.50. The van der Waals surface area contributed by atoms with E-state index in [2.05, 4.69) is 61.3 Å². The second kappa shape index (κ2) is 5.30. The smallest absolute Gasteiger partial charge is 0.0708 e. The van der Waals surface area contributed by atoms with Gasteiger partial charge in [0.1, 0.15) is 0 Å². The Morgan fingerprint density at radius 1 is 0.750 bits per heavy atom. The fourth-order valence-corrected chi connectivity index (χ4v) is 2.33. The third-order valence-electron chi connectivity index (χ3n) is 3.54. The normalized spacial score (nSPS) is 10.5. The molecule has 3 aromatic rings. The summed E-state index contributed by atoms with van der Waals surface area (Å²) in [6, 6.07) is 21.1. The van der Waals surface area contributed by atoms with Crippen LogP contribution in [-0.2, 0) is 0 Å². The molecule has 0 amide bonds. The van der Waals surface area contributed by atoms with Crippen LogP contribution in [0.3, 0.4) is 0 Å². The Hall–Kier alpha value is -2.41. The molecule has 20 heavy (non-hydrogen) atoms. The van der Waals surface area contributed by atoms with Gasteiger partial charge in [-0.05, 0) is 36.6 Å². The van der Waals surface area contributed by atoms with E-state index in [-0.39, 0.29) is 0 Å². The summed E-state index contributed by atoms with van der Waals surface area (Å²) in [5.74, 6) is 0. The summed E-state index contributed by atoms with van der Waals surface area (Å²) in [5, 5.41) is 0. The van der Waals surface area contributed by atoms with Crippen molar-refractivity contribution >= 4 is 0 Å². The van der Waals surface area contributed by atoms with Crippen LogP contribution in [0.5, 0.6) is 0 Å². The predicted octanol–water partition coefficient (Wildman–Crippen LogP) is 5.03. The monoisotopic (exact) mass is 259 g/mol. The van der Waals surface area contributed by atoms with Gasteiger partial charge in [-0.1, -0.05) is 60.2 Å². The zero-order valence-electron chi connectivity index (χ0n) is 11.8. The lowest BCUT2D eigenvalue weighted by Gasteiger charge is -2.09. The Morgan fingerprint density at radius 2 is 1.45 bits per heavy atom. The van der Waals surface area contributed by atoms with Crippen LogP contribution >= 0.6 is 0 Å². The molecule has 0 aliphatic heterocycles. The molecule has 0 N–H and O–H groups in total. The summed E-state index contributed by atoms with van der Waals surface area (Å²) >= 11 is 0. The van der Waals surface area contributed by atoms with Gasteiger partial charge in [0.05, 0.1) is 5.69 Å². The molecule has 2 aromatic carbocycles. The molecule has 1 nitrogen and oxygen atoms in total. The molecule has 3 rings (SSSR count). The SMILES string of the molecule is Cc1ccc(-c2cc(-c3ccccc3)ncc2C)cc1. The van der Waals surface area contributed by atoms with Crippen molar-refractivity contribution < 1.29 is 0 Å². The van der Waals surface area contributed by atoms with Gasteiger partial charge in [0.15, 0.2) is 0 Å². The van der Waals surface area contributed by atoms with Crippen LogP contribution in [-0.4, -0.2) is 4.98 Å². The van der Waals surface area contributed by atoms with Gasteiger partial charge in [-0.15, -0.1) is 0 Å². The molecule has 98 valence electrons. The second-order valence-corrected chi connectivity index (χ2v) is 5.12. The van der Waals surface area contributed by atoms with Crippen molar-refractivity contribution in [1.82, 2.24) is 4.98 Å². The topological polar surface area (TPSA) is 12.9 Å². The van der Waals surface area contributed by atoms with E-state index in [0.717, 1.165) is 11.3 Å². The Bertz CT molecular complexity index is 713. The largest absolute Gasteiger partial charge is 0.256 e. The number of pyridine rings is 1. The van der Waals surface area contributed by atoms with E-state index in [1.54, 1.807) is 0 Å². The molecule has 0 aliphatic carbocycles. The zero-order chi connectivity index (χ0) is 13.9. The molecule has 0 unspecified atom stereocenters. The fourth-order valence-electron chi connectivity index (χ4n) is 2.33. The van der Waals surface area contributed by atoms with Crippen LogP contribution in [0.15, 0.2) is 66.9 Å². The molecular formula is C19H17N. The minimum Gasteiger partial charge on any atom is -0.256 e. The van der Waals surface area contributed by atoms with Gasteiger partial charge < -0.3 is 0 Å². The van der Waals surface area contributed by atoms with Crippen molar-refractivity contribution in [2.45, 2.75) is 13.8 Å². The van der Waals surface area contributed by atoms with Crippen molar-refractivity contribution in [2.75, 3.05) is 0 Å². The molecule has 0 saturated heterocycles. The summed E-state index contributed by atoms with van der Waals surface area (Å²) in [5.41, 5.74) is 7.15. The van der Waals surface area contributed by atoms with Gasteiger partial charge in [0.25, 0.3) is 0 Å². The Morgan fingerprint density at radius 3 is 2.15 bits per heavy atom. The summed E-state index contributed by atoms with van der Waals surface area (Å²) in [6.45, 7) is 4.22. The molecule has 0 fully saturated rings. The van der Waals surface area contributed by atoms with E-state index in [4.69, 9.17) is 0 Å². The first kappa shape index (κ1) is 12.6. The number of aromatic nitrogens is 1. The maximum Gasteiger partial charge on any atom is 0.0708 e. The first-order chi connectivity index (χ1) is 9.74. The summed E-state index contributed by atoms with van der Waals surface area (Å²) in [6.07, 6.45) is 1.96. The van der Waals surface area contributed by atoms with Crippen molar-refractivity contribution in [1.29, 1.82) is 0 Å². The van der Waals surface area contributed by atoms with Gasteiger partial charge in [-0.3, -0.25) is 4.98 Å². The molecule has 0 spiro atoms. The molecule has 0 atom stereocenters. The van der Waals surface area contributed by atoms with E-state index in [0.29, 0.717) is 0 Å². The summed E-state index contributed by atoms with van der Waals surface area (Å²) < 4.78 is 0. The Balaban J connectivity index is 2.10. The van der Waals surface area contributed by atoms with Crippen molar-refractivity contribution in [3.05, 3.63) is 78.0 Å². The highest BCUT2D eigenvalue weighted by Crippen LogP contribution is 2.27. The van der Waals surface area contributed by atoms with Crippen LogP contribution < -0.4 is 0 Å². The average molecular weight is 259 g/mol. The molecule has 1 aromatic heterocycles. The molecule has 0 saturated carbocycles. The molecule has 0 aliphatic rings. The van der Waals surface area contributed by atoms with Crippen LogP contribution in [0.4, 0.5) is 0 Å². The Kier molecular flexibility index (Phi) is 3.34. The molecule has 1 heteroatoms. The fraction of sp³-hybridized carbons (Fsp3) is 0.105. The first-order valence-corrected chi connectivity index (χ1v) is 6.83. The highest BCUT2D eigenvalue weighted by Gasteiger charge is 2.06. The number of nitrogens with zero attached hydrogens (tertiary/aromatic N) is 1. The quantitative estimate of drug-likeness (QED) is 0.628. The van der Waals surface area contributed by atoms with E-state index in [9.17, 15) is 0 Å². The maximum absolute atomic E-state index is 4.55. The lowest BCUT2D eigenvalue weighted by molar-refractivity contribution is 1.27. The lowest BCUT2D eigenvalue weighted by atomic mass is 9.99. The van der Waals surface area contributed by atoms with Gasteiger partial charge in [-0.25, -0.2) is 0 Å². The lowest BCUT2D eigenvalue weighted by Crippen LogP contribution is -1.89. The second-order valence-electron chi connectivity index (χ2n) is 5.12. The summed E-state index contributed by atoms with van der Waals surface area (Å²) in [4.78, 5) is 4.55. The van der Waals surface area contributed by atoms with Gasteiger partial charge >= 0.3 is 0 Å². The molecule has 0 radical (unpaired) electrons. The third kappa shape index (κ3) is 2.48. The molecule has 0 bridgehead atoms. The van der Waals surface area contributed by atoms with Gasteiger partial charge in [0, 0.05) is 11.8 Å². The van der Waals surface area contributed by atoms with E-state index < -0.39 is 0 Å². The number of aryl methyl sites for hydroxylation is 2. The highest BCUT2D eigenvalue weighted by atomic mass is 14.7. The van der Waals surface area contributed by atoms with Crippen molar-refractivity contribution in [3.63, 3.8) is 0 Å². The van der Waals surface area contributed by atoms with Crippen LogP contribution in [0.2, 0.25) is 0 Å². The number of rotatable bonds is 2. The summed E-state index contributed by atoms with van der Waals surface area (Å²) in [7, 11) is 0. The Labute approximate surface area is 119 Å². The van der Waals surface area contributed by atoms with Crippen molar-refractivity contribution in [2.24, 2.45) is 0 Å². The molecular weight excluding hydrogens is 242 g/mol. The maximum atomic E-state index is 4.55. The van der Waals surface area contributed by atoms with Crippen LogP contribution in [0.25, 0.3) is 22.4 Å². The van der Waals surface area contributed by atoms with E-state index >= 15 is 0 Å². The number of benzene rings is 2. The minimum atomic E-state index is 1.02. The van der Waals surface area contributed by atoms with Crippen molar-refractivity contribution in [3.8, 4) is 22.4 Å². The molecule has 1 heterocycles. The van der Waals surface area contributed by atoms with Crippen LogP contribution in [0.1, 0.15) is 11.1 Å². The van der Waals surface area contributed by atoms with E-state index in [1.165, 1.54) is 22.3 Å². The number of hydrogen-bond donors (Lipinski definition) is 0. The van der Waals surface area contributed by atoms with E-state index in [1.807, 2.05) is 24.4 Å². The van der Waals surface area contributed by atoms with Gasteiger partial charge in [0.2, 0.25) is 0 Å². The minimum absolute atomic E-state index is 1.02. The zero-order valence-corrected chi connectivity index (χ0v) is 11.8. The predicted molar refractivity (Wildman–Crippen MR) is 84.6 cm³/mol. The first-order valence-electron chi connectivity index (χ1n) is 6.83. The van der Waals surface area contributed by atoms with Crippen LogP contribution in [0, 0.1) is 13.8 Å². The van der Waals surface area contributed by atoms with Gasteiger partial charge in [-0.2, -0.15) is 0 Å². The highest BCUT2D eigenvalue weighted by molar-refractivity contribution is 5.72. The third-order valence-corrected chi connectivity index (χ3v) is 3.54. The number of hydrogen-bond acceptors (Lipinski definition) is 1.